The Bertz CT molecular complexity index is 1520. The average Bonchev–Trinajstić information content (AvgIpc) is 3.28. The largest absolute Gasteiger partial charge is 0.465 e. The van der Waals surface area contributed by atoms with Crippen molar-refractivity contribution in [1.82, 2.24) is 10.6 Å². The molecule has 0 aromatic heterocycles. The van der Waals surface area contributed by atoms with Gasteiger partial charge < -0.3 is 20.5 Å². The van der Waals surface area contributed by atoms with Gasteiger partial charge in [-0.3, -0.25) is 9.59 Å². The van der Waals surface area contributed by atoms with Crippen LogP contribution in [0.1, 0.15) is 75.8 Å². The highest BCUT2D eigenvalue weighted by Gasteiger charge is 2.79. The van der Waals surface area contributed by atoms with Crippen LogP contribution in [0.4, 0.5) is 26.7 Å². The van der Waals surface area contributed by atoms with E-state index >= 15 is 8.78 Å². The number of rotatable bonds is 6. The summed E-state index contributed by atoms with van der Waals surface area (Å²) >= 11 is 0. The minimum atomic E-state index is -5.91. The Morgan fingerprint density at radius 2 is 1.78 bits per heavy atom. The van der Waals surface area contributed by atoms with E-state index in [1.807, 2.05) is 0 Å². The lowest BCUT2D eigenvalue weighted by atomic mass is 9.50. The summed E-state index contributed by atoms with van der Waals surface area (Å²) in [5, 5.41) is 16.3. The molecule has 0 saturated heterocycles. The second-order valence-corrected chi connectivity index (χ2v) is 12.7. The number of urea groups is 1. The van der Waals surface area contributed by atoms with Gasteiger partial charge in [0.2, 0.25) is 0 Å². The molecule has 248 valence electrons. The molecule has 2 amide bonds. The van der Waals surface area contributed by atoms with Crippen LogP contribution in [-0.2, 0) is 14.3 Å². The fourth-order valence-electron chi connectivity index (χ4n) is 8.21. The Hall–Kier alpha value is -3.72. The number of halogens is 5. The number of fused-ring (bicyclic) bond motifs is 4. The lowest BCUT2D eigenvalue weighted by Gasteiger charge is -2.56. The van der Waals surface area contributed by atoms with Crippen molar-refractivity contribution in [2.75, 3.05) is 19.7 Å². The van der Waals surface area contributed by atoms with Crippen molar-refractivity contribution in [3.05, 3.63) is 58.2 Å². The molecule has 12 heteroatoms. The van der Waals surface area contributed by atoms with Gasteiger partial charge in [0.15, 0.2) is 5.78 Å². The van der Waals surface area contributed by atoms with Crippen molar-refractivity contribution in [3.63, 3.8) is 0 Å². The summed E-state index contributed by atoms with van der Waals surface area (Å²) in [5.41, 5.74) is -0.809. The van der Waals surface area contributed by atoms with Gasteiger partial charge in [-0.1, -0.05) is 36.5 Å². The van der Waals surface area contributed by atoms with Crippen LogP contribution in [0.3, 0.4) is 0 Å². The van der Waals surface area contributed by atoms with Crippen molar-refractivity contribution in [3.8, 4) is 11.8 Å². The van der Waals surface area contributed by atoms with E-state index in [0.717, 1.165) is 16.7 Å². The van der Waals surface area contributed by atoms with E-state index < -0.39 is 53.4 Å². The number of amides is 2. The van der Waals surface area contributed by atoms with E-state index in [4.69, 9.17) is 4.74 Å². The molecule has 5 atom stereocenters. The van der Waals surface area contributed by atoms with Gasteiger partial charge in [0.1, 0.15) is 12.1 Å². The monoisotopic (exact) mass is 648 g/mol. The number of ether oxygens (including phenoxy) is 1. The number of hydrogen-bond acceptors (Lipinski definition) is 5. The summed E-state index contributed by atoms with van der Waals surface area (Å²) in [6, 6.07) is 6.37. The molecule has 3 N–H and O–H groups in total. The third kappa shape index (κ3) is 5.83. The van der Waals surface area contributed by atoms with Gasteiger partial charge in [-0.15, -0.1) is 0 Å². The highest BCUT2D eigenvalue weighted by molar-refractivity contribution is 5.93. The molecule has 46 heavy (non-hydrogen) atoms. The molecule has 7 nitrogen and oxygen atoms in total. The van der Waals surface area contributed by atoms with Crippen molar-refractivity contribution in [2.45, 2.75) is 82.4 Å². The summed E-state index contributed by atoms with van der Waals surface area (Å²) in [7, 11) is 0. The number of carbonyl (C=O) groups excluding carboxylic acids is 3. The van der Waals surface area contributed by atoms with Crippen LogP contribution in [0.15, 0.2) is 47.1 Å². The first-order valence-electron chi connectivity index (χ1n) is 15.5. The van der Waals surface area contributed by atoms with Crippen LogP contribution in [0, 0.1) is 29.1 Å². The first kappa shape index (κ1) is 33.6. The first-order chi connectivity index (χ1) is 21.6. The molecule has 4 aliphatic carbocycles. The van der Waals surface area contributed by atoms with Crippen LogP contribution in [0.25, 0.3) is 0 Å². The third-order valence-electron chi connectivity index (χ3n) is 10.3. The van der Waals surface area contributed by atoms with E-state index in [-0.39, 0.29) is 44.2 Å². The molecular weight excluding hydrogens is 611 g/mol. The number of carbonyl (C=O) groups is 3. The molecule has 4 aliphatic rings. The standard InChI is InChI=1S/C34H37F5N2O5/c1-3-46-28(43)19-41-30(44)40-16-4-5-20-6-8-21(9-7-20)26-18-31(2)27(14-15-32(31,45)33(35,36)34(37,38)39)25-12-10-22-17-23(42)11-13-24(22)29(25)26/h6-9,17,25-27,45H,3,10-16,18-19H2,1-2H3,(H2,40,41,44)/t25-,26+,27-,31-,32-/m0/s1. The molecule has 2 saturated carbocycles. The zero-order chi connectivity index (χ0) is 33.5. The highest BCUT2D eigenvalue weighted by Crippen LogP contribution is 2.70. The van der Waals surface area contributed by atoms with E-state index in [1.165, 1.54) is 6.92 Å². The van der Waals surface area contributed by atoms with Crippen molar-refractivity contribution in [1.29, 1.82) is 0 Å². The third-order valence-corrected chi connectivity index (χ3v) is 10.3. The fraction of sp³-hybridized carbons (Fsp3) is 0.559. The fourth-order valence-corrected chi connectivity index (χ4v) is 8.21. The predicted molar refractivity (Wildman–Crippen MR) is 158 cm³/mol. The molecule has 0 radical (unpaired) electrons. The van der Waals surface area contributed by atoms with Crippen molar-refractivity contribution >= 4 is 17.8 Å². The van der Waals surface area contributed by atoms with Gasteiger partial charge in [0, 0.05) is 23.3 Å². The van der Waals surface area contributed by atoms with E-state index in [9.17, 15) is 32.7 Å². The van der Waals surface area contributed by atoms with Gasteiger partial charge >= 0.3 is 24.1 Å². The van der Waals surface area contributed by atoms with Gasteiger partial charge in [-0.05, 0) is 92.2 Å². The van der Waals surface area contributed by atoms with E-state index in [2.05, 4.69) is 22.5 Å². The van der Waals surface area contributed by atoms with Crippen LogP contribution in [0.2, 0.25) is 0 Å². The quantitative estimate of drug-likeness (QED) is 0.208. The number of ketones is 1. The summed E-state index contributed by atoms with van der Waals surface area (Å²) in [5.74, 6) is -1.56. The zero-order valence-electron chi connectivity index (χ0n) is 25.7. The topological polar surface area (TPSA) is 105 Å². The number of benzene rings is 1. The molecule has 0 aliphatic heterocycles. The summed E-state index contributed by atoms with van der Waals surface area (Å²) in [6.07, 6.45) is -3.14. The maximum Gasteiger partial charge on any atom is 0.456 e. The number of alkyl halides is 5. The molecule has 5 rings (SSSR count). The molecule has 0 bridgehead atoms. The van der Waals surface area contributed by atoms with Crippen molar-refractivity contribution in [2.24, 2.45) is 17.3 Å². The maximum absolute atomic E-state index is 15.2. The summed E-state index contributed by atoms with van der Waals surface area (Å²) < 4.78 is 76.4. The van der Waals surface area contributed by atoms with Gasteiger partial charge in [0.25, 0.3) is 0 Å². The van der Waals surface area contributed by atoms with E-state index in [0.29, 0.717) is 36.8 Å². The van der Waals surface area contributed by atoms with Crippen LogP contribution in [-0.4, -0.2) is 60.3 Å². The molecular formula is C34H37F5N2O5. The molecule has 1 aromatic rings. The number of allylic oxidation sites excluding steroid dienone is 4. The molecule has 1 aromatic carbocycles. The van der Waals surface area contributed by atoms with E-state index in [1.54, 1.807) is 37.3 Å². The second kappa shape index (κ2) is 12.5. The van der Waals surface area contributed by atoms with Gasteiger partial charge in [-0.2, -0.15) is 22.0 Å². The summed E-state index contributed by atoms with van der Waals surface area (Å²) in [4.78, 5) is 35.4. The van der Waals surface area contributed by atoms with Crippen LogP contribution in [0.5, 0.6) is 0 Å². The molecule has 2 fully saturated rings. The normalized spacial score (nSPS) is 29.0. The average molecular weight is 649 g/mol. The molecule has 0 unspecified atom stereocenters. The Kier molecular flexibility index (Phi) is 9.12. The first-order valence-corrected chi connectivity index (χ1v) is 15.5. The zero-order valence-corrected chi connectivity index (χ0v) is 25.7. The predicted octanol–water partition coefficient (Wildman–Crippen LogP) is 5.73. The molecule has 0 spiro atoms. The van der Waals surface area contributed by atoms with Gasteiger partial charge in [-0.25, -0.2) is 4.79 Å². The Morgan fingerprint density at radius 3 is 2.46 bits per heavy atom. The Balaban J connectivity index is 1.43. The SMILES string of the molecule is CCOC(=O)CNC(=O)NCC#Cc1ccc([C@H]2C[C@@]3(C)[C@@H](CC[C@@]3(O)C(F)(F)C(F)(F)F)[C@@H]3CCC4=CC(=O)CCC4=C32)cc1. The smallest absolute Gasteiger partial charge is 0.456 e. The van der Waals surface area contributed by atoms with Crippen molar-refractivity contribution < 1.29 is 46.2 Å². The number of aliphatic hydroxyl groups is 1. The lowest BCUT2D eigenvalue weighted by molar-refractivity contribution is -0.362. The maximum atomic E-state index is 15.2. The van der Waals surface area contributed by atoms with Gasteiger partial charge in [0.05, 0.1) is 13.2 Å². The highest BCUT2D eigenvalue weighted by atomic mass is 19.4. The number of esters is 1. The Labute approximate surface area is 264 Å². The second-order valence-electron chi connectivity index (χ2n) is 12.7. The van der Waals surface area contributed by atoms with Crippen LogP contribution >= 0.6 is 0 Å². The lowest BCUT2D eigenvalue weighted by Crippen LogP contribution is -2.65. The minimum Gasteiger partial charge on any atom is -0.465 e. The number of nitrogens with one attached hydrogen (secondary N) is 2. The molecule has 0 heterocycles. The number of hydrogen-bond donors (Lipinski definition) is 3. The summed E-state index contributed by atoms with van der Waals surface area (Å²) in [6.45, 7) is 2.94. The minimum absolute atomic E-state index is 0.0173. The Morgan fingerprint density at radius 1 is 1.07 bits per heavy atom. The van der Waals surface area contributed by atoms with Crippen LogP contribution < -0.4 is 10.6 Å².